The van der Waals surface area contributed by atoms with Crippen molar-refractivity contribution >= 4 is 38.4 Å². The first-order chi connectivity index (χ1) is 17.9. The zero-order valence-electron chi connectivity index (χ0n) is 19.3. The Labute approximate surface area is 217 Å². The van der Waals surface area contributed by atoms with Crippen molar-refractivity contribution < 1.29 is 12.8 Å². The van der Waals surface area contributed by atoms with Gasteiger partial charge < -0.3 is 0 Å². The highest BCUT2D eigenvalue weighted by molar-refractivity contribution is 7.98. The van der Waals surface area contributed by atoms with Gasteiger partial charge in [0.2, 0.25) is 0 Å². The summed E-state index contributed by atoms with van der Waals surface area (Å²) >= 11 is 1.32. The Balaban J connectivity index is 1.53. The standard InChI is InChI=1S/C28H19FN4O2S2/c29-22-13-10-20(11-14-22)27-26(33-37(34,35)24-7-2-1-3-8-24)16-21(17-30)28(32-27)36-18-23-15-12-19-6-4-5-9-25(19)31-23/h1-16,33H,18H2. The highest BCUT2D eigenvalue weighted by atomic mass is 32.2. The summed E-state index contributed by atoms with van der Waals surface area (Å²) in [6, 6.07) is 28.8. The van der Waals surface area contributed by atoms with E-state index in [2.05, 4.69) is 20.8 Å². The summed E-state index contributed by atoms with van der Waals surface area (Å²) in [7, 11) is -3.96. The third-order valence-electron chi connectivity index (χ3n) is 5.54. The molecule has 0 aliphatic heterocycles. The SMILES string of the molecule is N#Cc1cc(NS(=O)(=O)c2ccccc2)c(-c2ccc(F)cc2)nc1SCc1ccc2ccccc2n1. The lowest BCUT2D eigenvalue weighted by Crippen LogP contribution is -2.14. The topological polar surface area (TPSA) is 95.7 Å². The van der Waals surface area contributed by atoms with Gasteiger partial charge in [0.05, 0.1) is 33.1 Å². The first kappa shape index (κ1) is 24.4. The molecule has 0 saturated carbocycles. The molecule has 5 aromatic rings. The number of aromatic nitrogens is 2. The van der Waals surface area contributed by atoms with Crippen LogP contribution in [0.15, 0.2) is 107 Å². The lowest BCUT2D eigenvalue weighted by molar-refractivity contribution is 0.601. The van der Waals surface area contributed by atoms with E-state index >= 15 is 0 Å². The maximum atomic E-state index is 13.6. The molecule has 0 unspecified atom stereocenters. The second-order valence-electron chi connectivity index (χ2n) is 8.06. The van der Waals surface area contributed by atoms with Crippen LogP contribution in [0.3, 0.4) is 0 Å². The van der Waals surface area contributed by atoms with Crippen molar-refractivity contribution in [3.05, 3.63) is 114 Å². The number of nitriles is 1. The molecule has 182 valence electrons. The minimum atomic E-state index is -3.96. The summed E-state index contributed by atoms with van der Waals surface area (Å²) in [6.45, 7) is 0. The van der Waals surface area contributed by atoms with E-state index in [9.17, 15) is 18.1 Å². The number of halogens is 1. The van der Waals surface area contributed by atoms with Crippen molar-refractivity contribution in [3.63, 3.8) is 0 Å². The Morgan fingerprint density at radius 2 is 1.62 bits per heavy atom. The minimum absolute atomic E-state index is 0.0689. The summed E-state index contributed by atoms with van der Waals surface area (Å²) in [4.78, 5) is 9.40. The number of nitrogens with one attached hydrogen (secondary N) is 1. The maximum absolute atomic E-state index is 13.6. The quantitative estimate of drug-likeness (QED) is 0.247. The van der Waals surface area contributed by atoms with Gasteiger partial charge in [-0.1, -0.05) is 54.2 Å². The van der Waals surface area contributed by atoms with E-state index in [1.54, 1.807) is 18.2 Å². The zero-order chi connectivity index (χ0) is 25.8. The van der Waals surface area contributed by atoms with Crippen LogP contribution < -0.4 is 4.72 Å². The number of nitrogens with zero attached hydrogens (tertiary/aromatic N) is 3. The van der Waals surface area contributed by atoms with Gasteiger partial charge in [0.25, 0.3) is 10.0 Å². The fraction of sp³-hybridized carbons (Fsp3) is 0.0357. The van der Waals surface area contributed by atoms with Crippen LogP contribution in [0.2, 0.25) is 0 Å². The van der Waals surface area contributed by atoms with Crippen LogP contribution in [-0.2, 0) is 15.8 Å². The van der Waals surface area contributed by atoms with Crippen LogP contribution in [-0.4, -0.2) is 18.4 Å². The first-order valence-electron chi connectivity index (χ1n) is 11.2. The molecule has 6 nitrogen and oxygen atoms in total. The summed E-state index contributed by atoms with van der Waals surface area (Å²) in [6.07, 6.45) is 0. The highest BCUT2D eigenvalue weighted by Gasteiger charge is 2.20. The molecule has 0 spiro atoms. The molecule has 9 heteroatoms. The van der Waals surface area contributed by atoms with E-state index in [-0.39, 0.29) is 21.8 Å². The molecule has 3 aromatic carbocycles. The van der Waals surface area contributed by atoms with Crippen molar-refractivity contribution in [2.24, 2.45) is 0 Å². The summed E-state index contributed by atoms with van der Waals surface area (Å²) < 4.78 is 42.3. The molecule has 1 N–H and O–H groups in total. The third-order valence-corrected chi connectivity index (χ3v) is 7.94. The number of sulfonamides is 1. The monoisotopic (exact) mass is 526 g/mol. The molecule has 0 radical (unpaired) electrons. The normalized spacial score (nSPS) is 11.2. The Kier molecular flexibility index (Phi) is 6.86. The number of para-hydroxylation sites is 1. The van der Waals surface area contributed by atoms with Crippen molar-refractivity contribution in [1.82, 2.24) is 9.97 Å². The molecule has 0 fully saturated rings. The van der Waals surface area contributed by atoms with Gasteiger partial charge in [0, 0.05) is 16.7 Å². The van der Waals surface area contributed by atoms with E-state index in [0.29, 0.717) is 16.3 Å². The Bertz CT molecular complexity index is 1740. The van der Waals surface area contributed by atoms with Gasteiger partial charge in [-0.2, -0.15) is 5.26 Å². The predicted molar refractivity (Wildman–Crippen MR) is 143 cm³/mol. The van der Waals surface area contributed by atoms with E-state index in [0.717, 1.165) is 16.6 Å². The number of rotatable bonds is 7. The van der Waals surface area contributed by atoms with E-state index in [1.807, 2.05) is 36.4 Å². The maximum Gasteiger partial charge on any atom is 0.261 e. The van der Waals surface area contributed by atoms with Crippen LogP contribution in [0.5, 0.6) is 0 Å². The van der Waals surface area contributed by atoms with Crippen LogP contribution in [0.4, 0.5) is 10.1 Å². The van der Waals surface area contributed by atoms with Crippen LogP contribution in [0, 0.1) is 17.1 Å². The highest BCUT2D eigenvalue weighted by Crippen LogP contribution is 2.34. The summed E-state index contributed by atoms with van der Waals surface area (Å²) in [5.41, 5.74) is 2.80. The van der Waals surface area contributed by atoms with Gasteiger partial charge in [-0.25, -0.2) is 17.8 Å². The number of thioether (sulfide) groups is 1. The Morgan fingerprint density at radius 1 is 0.892 bits per heavy atom. The molecule has 0 aliphatic carbocycles. The van der Waals surface area contributed by atoms with Crippen molar-refractivity contribution in [2.75, 3.05) is 4.72 Å². The fourth-order valence-electron chi connectivity index (χ4n) is 3.73. The largest absolute Gasteiger partial charge is 0.277 e. The average Bonchev–Trinajstić information content (AvgIpc) is 2.93. The van der Waals surface area contributed by atoms with Crippen molar-refractivity contribution in [2.45, 2.75) is 15.7 Å². The van der Waals surface area contributed by atoms with Crippen LogP contribution >= 0.6 is 11.8 Å². The lowest BCUT2D eigenvalue weighted by atomic mass is 10.1. The van der Waals surface area contributed by atoms with E-state index < -0.39 is 15.8 Å². The average molecular weight is 527 g/mol. The molecule has 2 heterocycles. The molecule has 2 aromatic heterocycles. The van der Waals surface area contributed by atoms with Gasteiger partial charge in [-0.15, -0.1) is 0 Å². The predicted octanol–water partition coefficient (Wildman–Crippen LogP) is 6.40. The van der Waals surface area contributed by atoms with Gasteiger partial charge in [-0.05, 0) is 54.6 Å². The van der Waals surface area contributed by atoms with Crippen LogP contribution in [0.1, 0.15) is 11.3 Å². The van der Waals surface area contributed by atoms with E-state index in [4.69, 9.17) is 0 Å². The number of fused-ring (bicyclic) bond motifs is 1. The second kappa shape index (κ2) is 10.4. The number of hydrogen-bond acceptors (Lipinski definition) is 6. The summed E-state index contributed by atoms with van der Waals surface area (Å²) in [5.74, 6) is 0.0190. The molecule has 0 bridgehead atoms. The first-order valence-corrected chi connectivity index (χ1v) is 13.7. The van der Waals surface area contributed by atoms with Crippen molar-refractivity contribution in [3.8, 4) is 17.3 Å². The molecule has 0 saturated heterocycles. The molecule has 0 amide bonds. The number of pyridine rings is 2. The molecule has 0 atom stereocenters. The van der Waals surface area contributed by atoms with E-state index in [1.165, 1.54) is 54.2 Å². The molecule has 37 heavy (non-hydrogen) atoms. The van der Waals surface area contributed by atoms with Crippen LogP contribution in [0.25, 0.3) is 22.2 Å². The zero-order valence-corrected chi connectivity index (χ0v) is 20.9. The smallest absolute Gasteiger partial charge is 0.261 e. The lowest BCUT2D eigenvalue weighted by Gasteiger charge is -2.15. The molecular weight excluding hydrogens is 507 g/mol. The van der Waals surface area contributed by atoms with Gasteiger partial charge in [0.15, 0.2) is 0 Å². The summed E-state index contributed by atoms with van der Waals surface area (Å²) in [5, 5.41) is 11.3. The number of anilines is 1. The van der Waals surface area contributed by atoms with Crippen molar-refractivity contribution in [1.29, 1.82) is 5.26 Å². The minimum Gasteiger partial charge on any atom is -0.277 e. The third kappa shape index (κ3) is 5.45. The molecular formula is C28H19FN4O2S2. The van der Waals surface area contributed by atoms with Gasteiger partial charge in [-0.3, -0.25) is 9.71 Å². The Hall–Kier alpha value is -4.26. The Morgan fingerprint density at radius 3 is 2.38 bits per heavy atom. The van der Waals surface area contributed by atoms with Gasteiger partial charge in [0.1, 0.15) is 16.9 Å². The van der Waals surface area contributed by atoms with Gasteiger partial charge >= 0.3 is 0 Å². The molecule has 5 rings (SSSR count). The second-order valence-corrected chi connectivity index (χ2v) is 10.7. The fourth-order valence-corrected chi connectivity index (χ4v) is 5.67. The number of hydrogen-bond donors (Lipinski definition) is 1. The number of benzene rings is 3. The molecule has 0 aliphatic rings.